The smallest absolute Gasteiger partial charge is 0.247 e. The van der Waals surface area contributed by atoms with Crippen LogP contribution in [0.5, 0.6) is 0 Å². The first-order valence-electron chi connectivity index (χ1n) is 3.96. The summed E-state index contributed by atoms with van der Waals surface area (Å²) < 4.78 is 12.8. The van der Waals surface area contributed by atoms with Crippen LogP contribution in [0.25, 0.3) is 0 Å². The van der Waals surface area contributed by atoms with Crippen LogP contribution in [-0.4, -0.2) is 18.3 Å². The number of amidine groups is 1. The van der Waals surface area contributed by atoms with Gasteiger partial charge in [-0.05, 0) is 18.2 Å². The third-order valence-corrected chi connectivity index (χ3v) is 2.12. The molecule has 1 aliphatic heterocycles. The Bertz CT molecular complexity index is 431. The maximum atomic E-state index is 12.8. The average Bonchev–Trinajstić information content (AvgIpc) is 2.57. The van der Waals surface area contributed by atoms with Crippen molar-refractivity contribution in [3.8, 4) is 0 Å². The normalized spacial score (nSPS) is 15.3. The number of rotatable bonds is 1. The Kier molecular flexibility index (Phi) is 2.21. The van der Waals surface area contributed by atoms with Gasteiger partial charge in [-0.2, -0.15) is 0 Å². The van der Waals surface area contributed by atoms with Crippen molar-refractivity contribution in [2.24, 2.45) is 4.99 Å². The summed E-state index contributed by atoms with van der Waals surface area (Å²) in [5.74, 6) is -0.210. The largest absolute Gasteiger partial charge is 0.309 e. The maximum Gasteiger partial charge on any atom is 0.247 e. The van der Waals surface area contributed by atoms with Crippen LogP contribution in [0.15, 0.2) is 23.2 Å². The molecule has 0 aliphatic carbocycles. The number of halogens is 2. The van der Waals surface area contributed by atoms with E-state index in [1.807, 2.05) is 0 Å². The van der Waals surface area contributed by atoms with Crippen molar-refractivity contribution in [2.75, 3.05) is 6.54 Å². The van der Waals surface area contributed by atoms with Crippen molar-refractivity contribution in [1.82, 2.24) is 5.32 Å². The summed E-state index contributed by atoms with van der Waals surface area (Å²) in [4.78, 5) is 14.8. The molecule has 0 unspecified atom stereocenters. The molecule has 1 aromatic carbocycles. The van der Waals surface area contributed by atoms with E-state index in [0.29, 0.717) is 11.4 Å². The molecule has 1 aromatic rings. The van der Waals surface area contributed by atoms with Crippen molar-refractivity contribution in [3.05, 3.63) is 34.6 Å². The summed E-state index contributed by atoms with van der Waals surface area (Å²) in [5, 5.41) is 2.57. The number of carbonyl (C=O) groups is 1. The van der Waals surface area contributed by atoms with Crippen LogP contribution in [0.1, 0.15) is 5.56 Å². The minimum atomic E-state index is -0.486. The molecule has 0 saturated heterocycles. The zero-order valence-electron chi connectivity index (χ0n) is 7.05. The Labute approximate surface area is 84.6 Å². The summed E-state index contributed by atoms with van der Waals surface area (Å²) in [6.07, 6.45) is 0. The number of hydrogen-bond acceptors (Lipinski definition) is 2. The zero-order chi connectivity index (χ0) is 10.1. The minimum absolute atomic E-state index is 0.0198. The lowest BCUT2D eigenvalue weighted by atomic mass is 10.2. The number of carbonyl (C=O) groups excluding carboxylic acids is 1. The van der Waals surface area contributed by atoms with Crippen LogP contribution < -0.4 is 5.32 Å². The Morgan fingerprint density at radius 2 is 2.29 bits per heavy atom. The minimum Gasteiger partial charge on any atom is -0.309 e. The third kappa shape index (κ3) is 1.61. The Balaban J connectivity index is 2.34. The molecule has 0 bridgehead atoms. The Morgan fingerprint density at radius 1 is 1.50 bits per heavy atom. The fraction of sp³-hybridized carbons (Fsp3) is 0.111. The Hall–Kier alpha value is -1.42. The van der Waals surface area contributed by atoms with Crippen molar-refractivity contribution < 1.29 is 9.18 Å². The molecule has 3 nitrogen and oxygen atoms in total. The van der Waals surface area contributed by atoms with Gasteiger partial charge in [-0.15, -0.1) is 0 Å². The quantitative estimate of drug-likeness (QED) is 0.750. The fourth-order valence-electron chi connectivity index (χ4n) is 1.17. The van der Waals surface area contributed by atoms with Crippen molar-refractivity contribution in [3.63, 3.8) is 0 Å². The van der Waals surface area contributed by atoms with Gasteiger partial charge in [-0.3, -0.25) is 9.79 Å². The van der Waals surface area contributed by atoms with E-state index >= 15 is 0 Å². The second-order valence-electron chi connectivity index (χ2n) is 2.84. The predicted octanol–water partition coefficient (Wildman–Crippen LogP) is 1.36. The van der Waals surface area contributed by atoms with E-state index in [1.54, 1.807) is 0 Å². The summed E-state index contributed by atoms with van der Waals surface area (Å²) in [5.41, 5.74) is 0.613. The molecule has 0 spiro atoms. The van der Waals surface area contributed by atoms with Gasteiger partial charge >= 0.3 is 0 Å². The van der Waals surface area contributed by atoms with Gasteiger partial charge in [0.05, 0.1) is 5.02 Å². The van der Waals surface area contributed by atoms with E-state index in [1.165, 1.54) is 18.2 Å². The van der Waals surface area contributed by atoms with Gasteiger partial charge in [0.2, 0.25) is 5.91 Å². The van der Waals surface area contributed by atoms with Gasteiger partial charge in [0.25, 0.3) is 0 Å². The number of benzene rings is 1. The highest BCUT2D eigenvalue weighted by atomic mass is 35.5. The Morgan fingerprint density at radius 3 is 2.86 bits per heavy atom. The van der Waals surface area contributed by atoms with Crippen LogP contribution in [0.3, 0.4) is 0 Å². The number of hydrogen-bond donors (Lipinski definition) is 1. The van der Waals surface area contributed by atoms with Crippen LogP contribution in [0.4, 0.5) is 4.39 Å². The van der Waals surface area contributed by atoms with E-state index in [0.717, 1.165) is 0 Å². The van der Waals surface area contributed by atoms with Crippen molar-refractivity contribution >= 4 is 23.3 Å². The monoisotopic (exact) mass is 212 g/mol. The molecular formula is C9H6ClFN2O. The van der Waals surface area contributed by atoms with Crippen molar-refractivity contribution in [2.45, 2.75) is 0 Å². The van der Waals surface area contributed by atoms with Gasteiger partial charge in [0.1, 0.15) is 18.2 Å². The van der Waals surface area contributed by atoms with E-state index in [9.17, 15) is 9.18 Å². The average molecular weight is 213 g/mol. The highest BCUT2D eigenvalue weighted by Gasteiger charge is 2.15. The van der Waals surface area contributed by atoms with Crippen LogP contribution in [-0.2, 0) is 4.79 Å². The van der Waals surface area contributed by atoms with Gasteiger partial charge in [0, 0.05) is 5.56 Å². The SMILES string of the molecule is O=C1CN=C(c2ccc(F)c(Cl)c2)N1. The molecule has 0 saturated carbocycles. The van der Waals surface area contributed by atoms with Crippen molar-refractivity contribution in [1.29, 1.82) is 0 Å². The van der Waals surface area contributed by atoms with E-state index in [-0.39, 0.29) is 17.5 Å². The first-order chi connectivity index (χ1) is 6.66. The van der Waals surface area contributed by atoms with Crippen LogP contribution >= 0.6 is 11.6 Å². The molecule has 1 amide bonds. The maximum absolute atomic E-state index is 12.8. The zero-order valence-corrected chi connectivity index (χ0v) is 7.81. The third-order valence-electron chi connectivity index (χ3n) is 1.83. The molecule has 1 aliphatic rings. The molecular weight excluding hydrogens is 207 g/mol. The van der Waals surface area contributed by atoms with E-state index in [2.05, 4.69) is 10.3 Å². The first kappa shape index (κ1) is 9.15. The lowest BCUT2D eigenvalue weighted by molar-refractivity contribution is -0.117. The fourth-order valence-corrected chi connectivity index (χ4v) is 1.35. The second-order valence-corrected chi connectivity index (χ2v) is 3.25. The molecule has 0 fully saturated rings. The molecule has 0 atom stereocenters. The van der Waals surface area contributed by atoms with Gasteiger partial charge < -0.3 is 5.32 Å². The highest BCUT2D eigenvalue weighted by Crippen LogP contribution is 2.16. The number of amides is 1. The van der Waals surface area contributed by atoms with E-state index < -0.39 is 5.82 Å². The summed E-state index contributed by atoms with van der Waals surface area (Å²) in [6.45, 7) is 0.115. The first-order valence-corrected chi connectivity index (χ1v) is 4.34. The number of nitrogens with zero attached hydrogens (tertiary/aromatic N) is 1. The lowest BCUT2D eigenvalue weighted by Gasteiger charge is -2.01. The van der Waals surface area contributed by atoms with Gasteiger partial charge in [-0.1, -0.05) is 11.6 Å². The molecule has 0 aromatic heterocycles. The molecule has 0 radical (unpaired) electrons. The molecule has 1 N–H and O–H groups in total. The van der Waals surface area contributed by atoms with Crippen LogP contribution in [0.2, 0.25) is 5.02 Å². The topological polar surface area (TPSA) is 41.5 Å². The van der Waals surface area contributed by atoms with E-state index in [4.69, 9.17) is 11.6 Å². The molecule has 14 heavy (non-hydrogen) atoms. The molecule has 5 heteroatoms. The summed E-state index contributed by atoms with van der Waals surface area (Å²) in [7, 11) is 0. The number of nitrogens with one attached hydrogen (secondary N) is 1. The second kappa shape index (κ2) is 3.38. The summed E-state index contributed by atoms with van der Waals surface area (Å²) >= 11 is 5.59. The predicted molar refractivity (Wildman–Crippen MR) is 51.0 cm³/mol. The highest BCUT2D eigenvalue weighted by molar-refractivity contribution is 6.31. The molecule has 2 rings (SSSR count). The molecule has 1 heterocycles. The summed E-state index contributed by atoms with van der Waals surface area (Å²) in [6, 6.07) is 4.19. The molecule has 72 valence electrons. The van der Waals surface area contributed by atoms with Gasteiger partial charge in [-0.25, -0.2) is 4.39 Å². The number of aliphatic imine (C=N–C) groups is 1. The standard InChI is InChI=1S/C9H6ClFN2O/c10-6-3-5(1-2-7(6)11)9-12-4-8(14)13-9/h1-3H,4H2,(H,12,13,14). The lowest BCUT2D eigenvalue weighted by Crippen LogP contribution is -2.25. The van der Waals surface area contributed by atoms with Crippen LogP contribution in [0, 0.1) is 5.82 Å². The van der Waals surface area contributed by atoms with Gasteiger partial charge in [0.15, 0.2) is 0 Å².